The molecule has 1 rings (SSSR count). The van der Waals surface area contributed by atoms with Crippen molar-refractivity contribution in [3.63, 3.8) is 0 Å². The summed E-state index contributed by atoms with van der Waals surface area (Å²) in [7, 11) is 1.73. The van der Waals surface area contributed by atoms with E-state index in [1.54, 1.807) is 7.11 Å². The van der Waals surface area contributed by atoms with Crippen LogP contribution in [0.25, 0.3) is 0 Å². The Kier molecular flexibility index (Phi) is 6.00. The molecule has 0 bridgehead atoms. The van der Waals surface area contributed by atoms with Crippen molar-refractivity contribution in [1.29, 1.82) is 0 Å². The Labute approximate surface area is 124 Å². The monoisotopic (exact) mass is 278 g/mol. The maximum absolute atomic E-state index is 5.47. The van der Waals surface area contributed by atoms with Crippen LogP contribution in [0.2, 0.25) is 0 Å². The highest BCUT2D eigenvalue weighted by Gasteiger charge is 2.14. The first kappa shape index (κ1) is 17.0. The van der Waals surface area contributed by atoms with E-state index in [2.05, 4.69) is 44.9 Å². The SMILES string of the molecule is COc1c(C)cnc(CC(C)CCNC(C)(C)C)c1C. The average molecular weight is 278 g/mol. The molecule has 0 aliphatic carbocycles. The van der Waals surface area contributed by atoms with E-state index in [1.807, 2.05) is 13.1 Å². The summed E-state index contributed by atoms with van der Waals surface area (Å²) in [6.07, 6.45) is 4.09. The Morgan fingerprint density at radius 2 is 1.95 bits per heavy atom. The fraction of sp³-hybridized carbons (Fsp3) is 0.706. The minimum atomic E-state index is 0.195. The van der Waals surface area contributed by atoms with E-state index in [9.17, 15) is 0 Å². The zero-order valence-corrected chi connectivity index (χ0v) is 14.1. The third-order valence-electron chi connectivity index (χ3n) is 3.58. The van der Waals surface area contributed by atoms with Crippen LogP contribution in [-0.2, 0) is 6.42 Å². The van der Waals surface area contributed by atoms with Crippen molar-refractivity contribution in [3.05, 3.63) is 23.0 Å². The molecule has 0 radical (unpaired) electrons. The molecule has 0 aliphatic heterocycles. The van der Waals surface area contributed by atoms with Crippen molar-refractivity contribution >= 4 is 0 Å². The van der Waals surface area contributed by atoms with Crippen molar-refractivity contribution in [2.24, 2.45) is 5.92 Å². The van der Waals surface area contributed by atoms with E-state index >= 15 is 0 Å². The van der Waals surface area contributed by atoms with Crippen LogP contribution in [0.5, 0.6) is 5.75 Å². The summed E-state index contributed by atoms with van der Waals surface area (Å²) in [6, 6.07) is 0. The van der Waals surface area contributed by atoms with E-state index in [-0.39, 0.29) is 5.54 Å². The van der Waals surface area contributed by atoms with Gasteiger partial charge in [-0.1, -0.05) is 6.92 Å². The summed E-state index contributed by atoms with van der Waals surface area (Å²) < 4.78 is 5.47. The third kappa shape index (κ3) is 5.12. The van der Waals surface area contributed by atoms with Gasteiger partial charge in [-0.3, -0.25) is 4.98 Å². The Morgan fingerprint density at radius 3 is 2.50 bits per heavy atom. The van der Waals surface area contributed by atoms with Gasteiger partial charge in [-0.2, -0.15) is 0 Å². The standard InChI is InChI=1S/C17H30N2O/c1-12(8-9-19-17(4,5)6)10-15-14(3)16(20-7)13(2)11-18-15/h11-12,19H,8-10H2,1-7H3. The van der Waals surface area contributed by atoms with E-state index in [4.69, 9.17) is 4.74 Å². The van der Waals surface area contributed by atoms with Crippen molar-refractivity contribution < 1.29 is 4.74 Å². The molecule has 114 valence electrons. The average Bonchev–Trinajstić information content (AvgIpc) is 2.32. The molecule has 20 heavy (non-hydrogen) atoms. The van der Waals surface area contributed by atoms with Crippen LogP contribution in [-0.4, -0.2) is 24.2 Å². The summed E-state index contributed by atoms with van der Waals surface area (Å²) in [5, 5.41) is 3.54. The minimum absolute atomic E-state index is 0.195. The number of aromatic nitrogens is 1. The van der Waals surface area contributed by atoms with Crippen LogP contribution in [0.4, 0.5) is 0 Å². The predicted molar refractivity (Wildman–Crippen MR) is 85.5 cm³/mol. The second kappa shape index (κ2) is 7.07. The minimum Gasteiger partial charge on any atom is -0.496 e. The fourth-order valence-electron chi connectivity index (χ4n) is 2.40. The molecule has 0 spiro atoms. The maximum Gasteiger partial charge on any atom is 0.128 e. The number of nitrogens with zero attached hydrogens (tertiary/aromatic N) is 1. The van der Waals surface area contributed by atoms with Gasteiger partial charge in [0.25, 0.3) is 0 Å². The highest BCUT2D eigenvalue weighted by molar-refractivity contribution is 5.41. The lowest BCUT2D eigenvalue weighted by Gasteiger charge is -2.22. The molecule has 0 saturated heterocycles. The number of methoxy groups -OCH3 is 1. The third-order valence-corrected chi connectivity index (χ3v) is 3.58. The number of nitrogens with one attached hydrogen (secondary N) is 1. The zero-order valence-electron chi connectivity index (χ0n) is 14.1. The van der Waals surface area contributed by atoms with Crippen molar-refractivity contribution in [3.8, 4) is 5.75 Å². The van der Waals surface area contributed by atoms with Crippen molar-refractivity contribution in [1.82, 2.24) is 10.3 Å². The number of aryl methyl sites for hydroxylation is 1. The summed E-state index contributed by atoms with van der Waals surface area (Å²) in [5.74, 6) is 1.60. The van der Waals surface area contributed by atoms with Gasteiger partial charge in [0, 0.05) is 28.6 Å². The second-order valence-electron chi connectivity index (χ2n) is 6.82. The molecular weight excluding hydrogens is 248 g/mol. The lowest BCUT2D eigenvalue weighted by atomic mass is 9.97. The van der Waals surface area contributed by atoms with Crippen molar-refractivity contribution in [2.75, 3.05) is 13.7 Å². The molecule has 1 N–H and O–H groups in total. The topological polar surface area (TPSA) is 34.1 Å². The van der Waals surface area contributed by atoms with Gasteiger partial charge in [0.2, 0.25) is 0 Å². The van der Waals surface area contributed by atoms with Gasteiger partial charge in [-0.25, -0.2) is 0 Å². The van der Waals surface area contributed by atoms with E-state index in [1.165, 1.54) is 5.56 Å². The van der Waals surface area contributed by atoms with Crippen molar-refractivity contribution in [2.45, 2.75) is 59.9 Å². The molecule has 0 fully saturated rings. The number of hydrogen-bond acceptors (Lipinski definition) is 3. The molecule has 3 nitrogen and oxygen atoms in total. The molecule has 1 aromatic rings. The molecule has 1 atom stereocenters. The Bertz CT molecular complexity index is 435. The zero-order chi connectivity index (χ0) is 15.3. The number of ether oxygens (including phenoxy) is 1. The maximum atomic E-state index is 5.47. The first-order chi connectivity index (χ1) is 9.24. The van der Waals surface area contributed by atoms with Crippen LogP contribution in [0.3, 0.4) is 0 Å². The van der Waals surface area contributed by atoms with E-state index < -0.39 is 0 Å². The van der Waals surface area contributed by atoms with Crippen LogP contribution >= 0.6 is 0 Å². The Balaban J connectivity index is 2.60. The van der Waals surface area contributed by atoms with Gasteiger partial charge < -0.3 is 10.1 Å². The molecule has 0 saturated carbocycles. The van der Waals surface area contributed by atoms with Crippen LogP contribution in [0.1, 0.15) is 50.9 Å². The first-order valence-corrected chi connectivity index (χ1v) is 7.48. The molecule has 1 heterocycles. The summed E-state index contributed by atoms with van der Waals surface area (Å²) >= 11 is 0. The summed E-state index contributed by atoms with van der Waals surface area (Å²) in [4.78, 5) is 4.58. The fourth-order valence-corrected chi connectivity index (χ4v) is 2.40. The van der Waals surface area contributed by atoms with E-state index in [0.29, 0.717) is 5.92 Å². The quantitative estimate of drug-likeness (QED) is 0.862. The van der Waals surface area contributed by atoms with Gasteiger partial charge in [-0.15, -0.1) is 0 Å². The predicted octanol–water partition coefficient (Wildman–Crippen LogP) is 3.66. The molecule has 0 amide bonds. The smallest absolute Gasteiger partial charge is 0.128 e. The molecular formula is C17H30N2O. The highest BCUT2D eigenvalue weighted by Crippen LogP contribution is 2.25. The largest absolute Gasteiger partial charge is 0.496 e. The Morgan fingerprint density at radius 1 is 1.30 bits per heavy atom. The van der Waals surface area contributed by atoms with Crippen LogP contribution < -0.4 is 10.1 Å². The lowest BCUT2D eigenvalue weighted by molar-refractivity contribution is 0.390. The molecule has 0 aliphatic rings. The molecule has 1 unspecified atom stereocenters. The number of hydrogen-bond donors (Lipinski definition) is 1. The molecule has 1 aromatic heterocycles. The first-order valence-electron chi connectivity index (χ1n) is 7.48. The number of rotatable bonds is 6. The molecule has 3 heteroatoms. The molecule has 0 aromatic carbocycles. The summed E-state index contributed by atoms with van der Waals surface area (Å²) in [6.45, 7) is 14.1. The highest BCUT2D eigenvalue weighted by atomic mass is 16.5. The Hall–Kier alpha value is -1.09. The lowest BCUT2D eigenvalue weighted by Crippen LogP contribution is -2.37. The van der Waals surface area contributed by atoms with E-state index in [0.717, 1.165) is 36.4 Å². The van der Waals surface area contributed by atoms with Gasteiger partial charge in [0.05, 0.1) is 7.11 Å². The number of pyridine rings is 1. The van der Waals surface area contributed by atoms with Gasteiger partial charge in [0.15, 0.2) is 0 Å². The van der Waals surface area contributed by atoms with Gasteiger partial charge in [-0.05, 0) is 59.9 Å². The van der Waals surface area contributed by atoms with Crippen LogP contribution in [0, 0.1) is 19.8 Å². The van der Waals surface area contributed by atoms with Gasteiger partial charge in [0.1, 0.15) is 5.75 Å². The normalized spacial score (nSPS) is 13.3. The van der Waals surface area contributed by atoms with Gasteiger partial charge >= 0.3 is 0 Å². The summed E-state index contributed by atoms with van der Waals surface area (Å²) in [5.41, 5.74) is 3.65. The second-order valence-corrected chi connectivity index (χ2v) is 6.82. The van der Waals surface area contributed by atoms with Crippen LogP contribution in [0.15, 0.2) is 6.20 Å².